The molecule has 0 aromatic heterocycles. The second kappa shape index (κ2) is 6.99. The fraction of sp³-hybridized carbons (Fsp3) is 0.600. The molecular formula is C15H22F2N2O. The van der Waals surface area contributed by atoms with Crippen molar-refractivity contribution in [3.63, 3.8) is 0 Å². The molecule has 2 unspecified atom stereocenters. The predicted molar refractivity (Wildman–Crippen MR) is 75.1 cm³/mol. The quantitative estimate of drug-likeness (QED) is 0.869. The van der Waals surface area contributed by atoms with E-state index in [4.69, 9.17) is 0 Å². The van der Waals surface area contributed by atoms with Crippen molar-refractivity contribution in [2.24, 2.45) is 0 Å². The number of benzene rings is 1. The largest absolute Gasteiger partial charge is 0.435 e. The molecule has 1 fully saturated rings. The number of nitrogens with zero attached hydrogens (tertiary/aromatic N) is 1. The number of ether oxygens (including phenoxy) is 1. The van der Waals surface area contributed by atoms with E-state index in [-0.39, 0.29) is 11.8 Å². The third kappa shape index (κ3) is 3.67. The number of rotatable bonds is 6. The van der Waals surface area contributed by atoms with Crippen LogP contribution in [0, 0.1) is 0 Å². The van der Waals surface area contributed by atoms with E-state index in [0.717, 1.165) is 18.7 Å². The van der Waals surface area contributed by atoms with E-state index < -0.39 is 6.61 Å². The van der Waals surface area contributed by atoms with Gasteiger partial charge < -0.3 is 10.1 Å². The molecule has 0 radical (unpaired) electrons. The Labute approximate surface area is 118 Å². The van der Waals surface area contributed by atoms with Gasteiger partial charge in [0.05, 0.1) is 0 Å². The van der Waals surface area contributed by atoms with Gasteiger partial charge >= 0.3 is 6.61 Å². The summed E-state index contributed by atoms with van der Waals surface area (Å²) in [5.41, 5.74) is 1.13. The highest BCUT2D eigenvalue weighted by Gasteiger charge is 2.28. The molecule has 2 rings (SSSR count). The molecule has 2 atom stereocenters. The van der Waals surface area contributed by atoms with Crippen molar-refractivity contribution >= 4 is 0 Å². The lowest BCUT2D eigenvalue weighted by Gasteiger charge is -2.31. The number of likely N-dealkylation sites (N-methyl/N-ethyl adjacent to an activating group) is 1. The topological polar surface area (TPSA) is 24.5 Å². The van der Waals surface area contributed by atoms with E-state index in [1.807, 2.05) is 19.2 Å². The minimum atomic E-state index is -2.77. The maximum absolute atomic E-state index is 12.1. The Morgan fingerprint density at radius 2 is 2.05 bits per heavy atom. The minimum Gasteiger partial charge on any atom is -0.435 e. The van der Waals surface area contributed by atoms with Crippen LogP contribution in [0.15, 0.2) is 24.3 Å². The Morgan fingerprint density at radius 3 is 2.65 bits per heavy atom. The fourth-order valence-corrected chi connectivity index (χ4v) is 2.94. The molecule has 1 aromatic rings. The molecular weight excluding hydrogens is 262 g/mol. The van der Waals surface area contributed by atoms with E-state index in [2.05, 4.69) is 21.9 Å². The standard InChI is InChI=1S/C15H22F2N2O/c1-11(19-9-3-4-13(19)10-18-2)12-5-7-14(8-6-12)20-15(16)17/h5-8,11,13,15,18H,3-4,9-10H2,1-2H3. The van der Waals surface area contributed by atoms with E-state index in [1.165, 1.54) is 12.8 Å². The Hall–Kier alpha value is -1.20. The van der Waals surface area contributed by atoms with Crippen LogP contribution in [0.2, 0.25) is 0 Å². The Balaban J connectivity index is 2.03. The minimum absolute atomic E-state index is 0.212. The van der Waals surface area contributed by atoms with Gasteiger partial charge in [0.1, 0.15) is 5.75 Å². The zero-order chi connectivity index (χ0) is 14.5. The van der Waals surface area contributed by atoms with Gasteiger partial charge in [0.2, 0.25) is 0 Å². The lowest BCUT2D eigenvalue weighted by Crippen LogP contribution is -2.38. The van der Waals surface area contributed by atoms with Crippen molar-refractivity contribution in [1.82, 2.24) is 10.2 Å². The molecule has 1 aliphatic heterocycles. The van der Waals surface area contributed by atoms with Crippen LogP contribution in [0.1, 0.15) is 31.4 Å². The van der Waals surface area contributed by atoms with Gasteiger partial charge in [0.15, 0.2) is 0 Å². The maximum atomic E-state index is 12.1. The molecule has 1 saturated heterocycles. The van der Waals surface area contributed by atoms with Crippen molar-refractivity contribution in [1.29, 1.82) is 0 Å². The van der Waals surface area contributed by atoms with Crippen molar-refractivity contribution in [3.8, 4) is 5.75 Å². The zero-order valence-electron chi connectivity index (χ0n) is 12.0. The smallest absolute Gasteiger partial charge is 0.387 e. The van der Waals surface area contributed by atoms with Gasteiger partial charge in [0.25, 0.3) is 0 Å². The predicted octanol–water partition coefficient (Wildman–Crippen LogP) is 3.03. The molecule has 1 aliphatic rings. The van der Waals surface area contributed by atoms with Crippen molar-refractivity contribution in [2.75, 3.05) is 20.1 Å². The molecule has 0 saturated carbocycles. The maximum Gasteiger partial charge on any atom is 0.387 e. The van der Waals surface area contributed by atoms with E-state index >= 15 is 0 Å². The highest BCUT2D eigenvalue weighted by atomic mass is 19.3. The number of hydrogen-bond acceptors (Lipinski definition) is 3. The summed E-state index contributed by atoms with van der Waals surface area (Å²) < 4.78 is 28.6. The molecule has 0 amide bonds. The fourth-order valence-electron chi connectivity index (χ4n) is 2.94. The number of likely N-dealkylation sites (tertiary alicyclic amines) is 1. The van der Waals surface area contributed by atoms with Crippen LogP contribution < -0.4 is 10.1 Å². The average molecular weight is 284 g/mol. The lowest BCUT2D eigenvalue weighted by atomic mass is 10.1. The van der Waals surface area contributed by atoms with Crippen molar-refractivity contribution in [2.45, 2.75) is 38.5 Å². The summed E-state index contributed by atoms with van der Waals surface area (Å²) in [5.74, 6) is 0.212. The van der Waals surface area contributed by atoms with E-state index in [0.29, 0.717) is 6.04 Å². The summed E-state index contributed by atoms with van der Waals surface area (Å²) in [6.45, 7) is 1.47. The van der Waals surface area contributed by atoms with Gasteiger partial charge in [0, 0.05) is 18.6 Å². The van der Waals surface area contributed by atoms with Crippen LogP contribution in [0.3, 0.4) is 0 Å². The zero-order valence-corrected chi connectivity index (χ0v) is 12.0. The van der Waals surface area contributed by atoms with Crippen LogP contribution in [-0.2, 0) is 0 Å². The van der Waals surface area contributed by atoms with Crippen LogP contribution in [-0.4, -0.2) is 37.7 Å². The normalized spacial score (nSPS) is 21.4. The second-order valence-electron chi connectivity index (χ2n) is 5.22. The van der Waals surface area contributed by atoms with Gasteiger partial charge in [-0.3, -0.25) is 4.90 Å². The first-order valence-electron chi connectivity index (χ1n) is 7.07. The first-order valence-corrected chi connectivity index (χ1v) is 7.07. The summed E-state index contributed by atoms with van der Waals surface area (Å²) in [6, 6.07) is 7.81. The number of halogens is 2. The SMILES string of the molecule is CNCC1CCCN1C(C)c1ccc(OC(F)F)cc1. The average Bonchev–Trinajstić information content (AvgIpc) is 2.87. The first-order chi connectivity index (χ1) is 9.61. The lowest BCUT2D eigenvalue weighted by molar-refractivity contribution is -0.0498. The Bertz CT molecular complexity index is 411. The number of nitrogens with one attached hydrogen (secondary N) is 1. The highest BCUT2D eigenvalue weighted by molar-refractivity contribution is 5.29. The molecule has 5 heteroatoms. The van der Waals surface area contributed by atoms with Gasteiger partial charge in [-0.1, -0.05) is 12.1 Å². The molecule has 1 aromatic carbocycles. The van der Waals surface area contributed by atoms with Crippen molar-refractivity contribution in [3.05, 3.63) is 29.8 Å². The van der Waals surface area contributed by atoms with Gasteiger partial charge in [-0.25, -0.2) is 0 Å². The van der Waals surface area contributed by atoms with Gasteiger partial charge in [-0.15, -0.1) is 0 Å². The van der Waals surface area contributed by atoms with Crippen molar-refractivity contribution < 1.29 is 13.5 Å². The molecule has 1 heterocycles. The van der Waals surface area contributed by atoms with Crippen LogP contribution in [0.4, 0.5) is 8.78 Å². The van der Waals surface area contributed by atoms with E-state index in [1.54, 1.807) is 12.1 Å². The van der Waals surface area contributed by atoms with Gasteiger partial charge in [-0.2, -0.15) is 8.78 Å². The molecule has 112 valence electrons. The summed E-state index contributed by atoms with van der Waals surface area (Å²) in [6.07, 6.45) is 2.42. The van der Waals surface area contributed by atoms with Crippen LogP contribution >= 0.6 is 0 Å². The summed E-state index contributed by atoms with van der Waals surface area (Å²) in [4.78, 5) is 2.47. The molecule has 0 bridgehead atoms. The molecule has 0 aliphatic carbocycles. The van der Waals surface area contributed by atoms with E-state index in [9.17, 15) is 8.78 Å². The van der Waals surface area contributed by atoms with Gasteiger partial charge in [-0.05, 0) is 51.1 Å². The molecule has 0 spiro atoms. The summed E-state index contributed by atoms with van der Waals surface area (Å²) in [7, 11) is 1.97. The molecule has 3 nitrogen and oxygen atoms in total. The summed E-state index contributed by atoms with van der Waals surface area (Å²) in [5, 5.41) is 3.23. The molecule has 1 N–H and O–H groups in total. The first kappa shape index (κ1) is 15.2. The Morgan fingerprint density at radius 1 is 1.35 bits per heavy atom. The molecule has 20 heavy (non-hydrogen) atoms. The van der Waals surface area contributed by atoms with Crippen LogP contribution in [0.5, 0.6) is 5.75 Å². The summed E-state index contributed by atoms with van der Waals surface area (Å²) >= 11 is 0. The second-order valence-corrected chi connectivity index (χ2v) is 5.22. The number of hydrogen-bond donors (Lipinski definition) is 1. The third-order valence-electron chi connectivity index (χ3n) is 3.95. The third-order valence-corrected chi connectivity index (χ3v) is 3.95. The Kier molecular flexibility index (Phi) is 5.31. The number of alkyl halides is 2. The monoisotopic (exact) mass is 284 g/mol. The highest BCUT2D eigenvalue weighted by Crippen LogP contribution is 2.29. The van der Waals surface area contributed by atoms with Crippen LogP contribution in [0.25, 0.3) is 0 Å².